The Hall–Kier alpha value is -2.59. The van der Waals surface area contributed by atoms with Gasteiger partial charge in [0.25, 0.3) is 0 Å². The Morgan fingerprint density at radius 3 is 2.67 bits per heavy atom. The first-order valence-electron chi connectivity index (χ1n) is 8.77. The van der Waals surface area contributed by atoms with Crippen LogP contribution < -0.4 is 5.32 Å². The summed E-state index contributed by atoms with van der Waals surface area (Å²) in [6, 6.07) is 10.1. The van der Waals surface area contributed by atoms with Crippen LogP contribution in [0.15, 0.2) is 42.9 Å². The van der Waals surface area contributed by atoms with Gasteiger partial charge in [0, 0.05) is 6.54 Å². The van der Waals surface area contributed by atoms with Crippen LogP contribution in [0.1, 0.15) is 11.8 Å². The van der Waals surface area contributed by atoms with Crippen molar-refractivity contribution in [3.8, 4) is 0 Å². The third-order valence-electron chi connectivity index (χ3n) is 4.70. The van der Waals surface area contributed by atoms with Crippen LogP contribution >= 0.6 is 0 Å². The quantitative estimate of drug-likeness (QED) is 0.480. The second kappa shape index (κ2) is 7.57. The second-order valence-corrected chi connectivity index (χ2v) is 6.44. The van der Waals surface area contributed by atoms with Crippen molar-refractivity contribution in [3.05, 3.63) is 48.4 Å². The molecule has 0 amide bonds. The van der Waals surface area contributed by atoms with Crippen molar-refractivity contribution in [1.29, 1.82) is 0 Å². The van der Waals surface area contributed by atoms with E-state index in [1.165, 1.54) is 16.6 Å². The van der Waals surface area contributed by atoms with Crippen molar-refractivity contribution in [2.24, 2.45) is 0 Å². The summed E-state index contributed by atoms with van der Waals surface area (Å²) >= 11 is 0. The van der Waals surface area contributed by atoms with E-state index in [1.54, 1.807) is 6.20 Å². The number of anilines is 1. The number of nitrogens with zero attached hydrogens (tertiary/aromatic N) is 4. The van der Waals surface area contributed by atoms with E-state index in [0.29, 0.717) is 23.4 Å². The van der Waals surface area contributed by atoms with Gasteiger partial charge in [0.1, 0.15) is 30.5 Å². The fraction of sp³-hybridized carbons (Fsp3) is 0.389. The van der Waals surface area contributed by atoms with Gasteiger partial charge in [0.2, 0.25) is 0 Å². The van der Waals surface area contributed by atoms with Gasteiger partial charge in [-0.05, 0) is 12.0 Å². The smallest absolute Gasteiger partial charge is 0.181 e. The lowest BCUT2D eigenvalue weighted by atomic mass is 10.1. The molecule has 4 rings (SSSR count). The SMILES string of the molecule is OC[C@H]1OC(n2ncc3c(NCCc4ccccc4)ncnc32)[C@H](O)[C@@H]1O. The van der Waals surface area contributed by atoms with Gasteiger partial charge < -0.3 is 25.4 Å². The summed E-state index contributed by atoms with van der Waals surface area (Å²) in [7, 11) is 0. The van der Waals surface area contributed by atoms with E-state index in [4.69, 9.17) is 4.74 Å². The Bertz CT molecular complexity index is 903. The van der Waals surface area contributed by atoms with Crippen molar-refractivity contribution < 1.29 is 20.1 Å². The molecule has 1 fully saturated rings. The number of hydrogen-bond acceptors (Lipinski definition) is 8. The summed E-state index contributed by atoms with van der Waals surface area (Å²) in [6.07, 6.45) is -0.354. The minimum Gasteiger partial charge on any atom is -0.394 e. The molecular weight excluding hydrogens is 350 g/mol. The van der Waals surface area contributed by atoms with E-state index in [9.17, 15) is 15.3 Å². The Labute approximate surface area is 155 Å². The molecule has 1 aliphatic rings. The summed E-state index contributed by atoms with van der Waals surface area (Å²) in [5.74, 6) is 0.633. The molecule has 0 saturated carbocycles. The molecule has 2 aromatic heterocycles. The highest BCUT2D eigenvalue weighted by Crippen LogP contribution is 2.31. The van der Waals surface area contributed by atoms with E-state index in [1.807, 2.05) is 18.2 Å². The van der Waals surface area contributed by atoms with Gasteiger partial charge in [-0.3, -0.25) is 0 Å². The third-order valence-corrected chi connectivity index (χ3v) is 4.70. The van der Waals surface area contributed by atoms with Crippen LogP contribution in [0.2, 0.25) is 0 Å². The lowest BCUT2D eigenvalue weighted by molar-refractivity contribution is -0.0566. The molecule has 1 aliphatic heterocycles. The highest BCUT2D eigenvalue weighted by Gasteiger charge is 2.44. The number of aliphatic hydroxyl groups excluding tert-OH is 3. The molecule has 142 valence electrons. The minimum atomic E-state index is -1.21. The normalized spacial score (nSPS) is 25.1. The lowest BCUT2D eigenvalue weighted by Crippen LogP contribution is -2.33. The average molecular weight is 371 g/mol. The molecule has 0 radical (unpaired) electrons. The van der Waals surface area contributed by atoms with E-state index >= 15 is 0 Å². The van der Waals surface area contributed by atoms with E-state index in [0.717, 1.165) is 6.42 Å². The fourth-order valence-corrected chi connectivity index (χ4v) is 3.24. The number of ether oxygens (including phenoxy) is 1. The zero-order valence-corrected chi connectivity index (χ0v) is 14.5. The second-order valence-electron chi connectivity index (χ2n) is 6.44. The number of benzene rings is 1. The highest BCUT2D eigenvalue weighted by atomic mass is 16.6. The summed E-state index contributed by atoms with van der Waals surface area (Å²) in [4.78, 5) is 8.51. The highest BCUT2D eigenvalue weighted by molar-refractivity contribution is 5.86. The van der Waals surface area contributed by atoms with Crippen LogP contribution in [0.3, 0.4) is 0 Å². The molecule has 3 aromatic rings. The van der Waals surface area contributed by atoms with Crippen molar-refractivity contribution in [2.75, 3.05) is 18.5 Å². The first-order chi connectivity index (χ1) is 13.2. The number of fused-ring (bicyclic) bond motifs is 1. The van der Waals surface area contributed by atoms with Crippen LogP contribution in [-0.4, -0.2) is 66.5 Å². The number of nitrogens with one attached hydrogen (secondary N) is 1. The average Bonchev–Trinajstić information content (AvgIpc) is 3.25. The van der Waals surface area contributed by atoms with Crippen LogP contribution in [0.25, 0.3) is 11.0 Å². The van der Waals surface area contributed by atoms with Crippen LogP contribution in [0.4, 0.5) is 5.82 Å². The summed E-state index contributed by atoms with van der Waals surface area (Å²) in [5.41, 5.74) is 1.69. The predicted octanol–water partition coefficient (Wildman–Crippen LogP) is 0.0924. The maximum Gasteiger partial charge on any atom is 0.181 e. The van der Waals surface area contributed by atoms with Gasteiger partial charge in [-0.2, -0.15) is 5.10 Å². The molecule has 0 aliphatic carbocycles. The van der Waals surface area contributed by atoms with Crippen LogP contribution in [-0.2, 0) is 11.2 Å². The Kier molecular flexibility index (Phi) is 4.99. The molecule has 0 bridgehead atoms. The zero-order chi connectivity index (χ0) is 18.8. The molecule has 4 atom stereocenters. The molecule has 9 heteroatoms. The van der Waals surface area contributed by atoms with Gasteiger partial charge in [-0.25, -0.2) is 14.6 Å². The summed E-state index contributed by atoms with van der Waals surface area (Å²) in [5, 5.41) is 37.7. The number of rotatable bonds is 6. The summed E-state index contributed by atoms with van der Waals surface area (Å²) < 4.78 is 6.94. The monoisotopic (exact) mass is 371 g/mol. The summed E-state index contributed by atoms with van der Waals surface area (Å²) in [6.45, 7) is 0.296. The third kappa shape index (κ3) is 3.37. The molecule has 1 aromatic carbocycles. The molecule has 1 unspecified atom stereocenters. The fourth-order valence-electron chi connectivity index (χ4n) is 3.24. The Morgan fingerprint density at radius 1 is 1.11 bits per heavy atom. The molecule has 0 spiro atoms. The van der Waals surface area contributed by atoms with E-state index in [-0.39, 0.29) is 0 Å². The molecular formula is C18H21N5O4. The van der Waals surface area contributed by atoms with Gasteiger partial charge >= 0.3 is 0 Å². The number of aromatic nitrogens is 4. The maximum absolute atomic E-state index is 10.2. The standard InChI is InChI=1S/C18H21N5O4/c24-9-13-14(25)15(26)18(27-13)23-17-12(8-22-23)16(20-10-21-17)19-7-6-11-4-2-1-3-5-11/h1-5,8,10,13-15,18,24-26H,6-7,9H2,(H,19,20,21)/t13-,14-,15-,18?/m1/s1. The zero-order valence-electron chi connectivity index (χ0n) is 14.5. The van der Waals surface area contributed by atoms with Crippen LogP contribution in [0.5, 0.6) is 0 Å². The number of aliphatic hydroxyl groups is 3. The van der Waals surface area contributed by atoms with Gasteiger partial charge in [-0.15, -0.1) is 0 Å². The first-order valence-corrected chi connectivity index (χ1v) is 8.77. The minimum absolute atomic E-state index is 0.394. The van der Waals surface area contributed by atoms with Crippen molar-refractivity contribution in [3.63, 3.8) is 0 Å². The molecule has 3 heterocycles. The molecule has 27 heavy (non-hydrogen) atoms. The van der Waals surface area contributed by atoms with Crippen LogP contribution in [0, 0.1) is 0 Å². The molecule has 4 N–H and O–H groups in total. The van der Waals surface area contributed by atoms with Crippen molar-refractivity contribution >= 4 is 16.9 Å². The van der Waals surface area contributed by atoms with Gasteiger partial charge in [0.15, 0.2) is 11.9 Å². The maximum atomic E-state index is 10.2. The van der Waals surface area contributed by atoms with Crippen molar-refractivity contribution in [1.82, 2.24) is 19.7 Å². The number of hydrogen-bond donors (Lipinski definition) is 4. The predicted molar refractivity (Wildman–Crippen MR) is 97.0 cm³/mol. The Morgan fingerprint density at radius 2 is 1.93 bits per heavy atom. The topological polar surface area (TPSA) is 126 Å². The lowest BCUT2D eigenvalue weighted by Gasteiger charge is -2.15. The van der Waals surface area contributed by atoms with Gasteiger partial charge in [0.05, 0.1) is 18.2 Å². The molecule has 9 nitrogen and oxygen atoms in total. The van der Waals surface area contributed by atoms with Gasteiger partial charge in [-0.1, -0.05) is 30.3 Å². The Balaban J connectivity index is 1.53. The first kappa shape index (κ1) is 17.8. The largest absolute Gasteiger partial charge is 0.394 e. The van der Waals surface area contributed by atoms with Crippen molar-refractivity contribution in [2.45, 2.75) is 31.0 Å². The molecule has 1 saturated heterocycles. The van der Waals surface area contributed by atoms with E-state index < -0.39 is 31.1 Å². The van der Waals surface area contributed by atoms with E-state index in [2.05, 4.69) is 32.5 Å².